The van der Waals surface area contributed by atoms with E-state index in [0.717, 1.165) is 38.9 Å². The minimum Gasteiger partial charge on any atom is -0.309 e. The van der Waals surface area contributed by atoms with E-state index in [1.807, 2.05) is 0 Å². The lowest BCUT2D eigenvalue weighted by atomic mass is 9.82. The molecule has 3 heterocycles. The molecule has 268 valence electrons. The molecule has 1 aliphatic carbocycles. The maximum Gasteiger partial charge on any atom is 0.235 e. The number of hydrogen-bond donors (Lipinski definition) is 0. The zero-order valence-corrected chi connectivity index (χ0v) is 31.6. The Balaban J connectivity index is 1.03. The van der Waals surface area contributed by atoms with Gasteiger partial charge in [0.1, 0.15) is 0 Å². The molecule has 0 amide bonds. The van der Waals surface area contributed by atoms with Crippen molar-refractivity contribution >= 4 is 54.5 Å². The molecule has 0 saturated carbocycles. The van der Waals surface area contributed by atoms with E-state index in [9.17, 15) is 0 Å². The van der Waals surface area contributed by atoms with Crippen LogP contribution in [0.1, 0.15) is 25.0 Å². The van der Waals surface area contributed by atoms with Crippen LogP contribution in [0.5, 0.6) is 0 Å². The second-order valence-electron chi connectivity index (χ2n) is 15.8. The van der Waals surface area contributed by atoms with Gasteiger partial charge in [-0.3, -0.25) is 4.57 Å². The summed E-state index contributed by atoms with van der Waals surface area (Å²) in [4.78, 5) is 10.7. The Morgan fingerprint density at radius 1 is 0.386 bits per heavy atom. The Hall–Kier alpha value is -7.30. The predicted octanol–water partition coefficient (Wildman–Crippen LogP) is 13.5. The minimum absolute atomic E-state index is 0.109. The van der Waals surface area contributed by atoms with E-state index < -0.39 is 0 Å². The highest BCUT2D eigenvalue weighted by molar-refractivity contribution is 6.12. The van der Waals surface area contributed by atoms with Crippen LogP contribution in [-0.2, 0) is 5.41 Å². The van der Waals surface area contributed by atoms with Gasteiger partial charge in [0, 0.05) is 43.6 Å². The number of benzene rings is 8. The molecule has 0 saturated heterocycles. The van der Waals surface area contributed by atoms with Crippen LogP contribution in [0.2, 0.25) is 0 Å². The van der Waals surface area contributed by atoms with Crippen LogP contribution in [0.3, 0.4) is 0 Å². The molecule has 11 aromatic rings. The van der Waals surface area contributed by atoms with Crippen LogP contribution in [0, 0.1) is 0 Å². The quantitative estimate of drug-likeness (QED) is 0.181. The van der Waals surface area contributed by atoms with Gasteiger partial charge in [0.15, 0.2) is 0 Å². The molecule has 0 fully saturated rings. The van der Waals surface area contributed by atoms with E-state index in [0.29, 0.717) is 5.95 Å². The molecule has 4 nitrogen and oxygen atoms in total. The van der Waals surface area contributed by atoms with Crippen LogP contribution in [0.4, 0.5) is 0 Å². The third-order valence-electron chi connectivity index (χ3n) is 12.3. The van der Waals surface area contributed by atoms with Gasteiger partial charge in [-0.2, -0.15) is 0 Å². The second kappa shape index (κ2) is 11.8. The lowest BCUT2D eigenvalue weighted by molar-refractivity contribution is 0.660. The zero-order chi connectivity index (χ0) is 37.8. The van der Waals surface area contributed by atoms with Crippen LogP contribution >= 0.6 is 0 Å². The fraction of sp³-hybridized carbons (Fsp3) is 0.0566. The summed E-state index contributed by atoms with van der Waals surface area (Å²) in [6.45, 7) is 4.66. The maximum absolute atomic E-state index is 5.46. The van der Waals surface area contributed by atoms with E-state index in [2.05, 4.69) is 205 Å². The molecule has 0 aliphatic heterocycles. The monoisotopic (exact) mass is 728 g/mol. The lowest BCUT2D eigenvalue weighted by Crippen LogP contribution is -2.15. The first-order valence-electron chi connectivity index (χ1n) is 19.7. The summed E-state index contributed by atoms with van der Waals surface area (Å²) >= 11 is 0. The topological polar surface area (TPSA) is 35.6 Å². The van der Waals surface area contributed by atoms with Gasteiger partial charge in [0.2, 0.25) is 5.95 Å². The van der Waals surface area contributed by atoms with Gasteiger partial charge < -0.3 is 4.57 Å². The molecule has 0 unspecified atom stereocenters. The van der Waals surface area contributed by atoms with Crippen molar-refractivity contribution in [1.29, 1.82) is 0 Å². The highest BCUT2D eigenvalue weighted by Crippen LogP contribution is 2.50. The Labute approximate surface area is 329 Å². The lowest BCUT2D eigenvalue weighted by Gasteiger charge is -2.22. The van der Waals surface area contributed by atoms with E-state index >= 15 is 0 Å². The molecule has 57 heavy (non-hydrogen) atoms. The minimum atomic E-state index is -0.109. The maximum atomic E-state index is 5.46. The summed E-state index contributed by atoms with van der Waals surface area (Å²) in [6, 6.07) is 65.8. The van der Waals surface area contributed by atoms with Crippen molar-refractivity contribution < 1.29 is 0 Å². The fourth-order valence-electron chi connectivity index (χ4n) is 9.61. The van der Waals surface area contributed by atoms with Gasteiger partial charge in [-0.15, -0.1) is 0 Å². The molecule has 0 N–H and O–H groups in total. The summed E-state index contributed by atoms with van der Waals surface area (Å²) < 4.78 is 4.61. The van der Waals surface area contributed by atoms with E-state index in [1.54, 1.807) is 0 Å². The van der Waals surface area contributed by atoms with Crippen LogP contribution in [-0.4, -0.2) is 19.1 Å². The van der Waals surface area contributed by atoms with Crippen LogP contribution < -0.4 is 0 Å². The van der Waals surface area contributed by atoms with Crippen molar-refractivity contribution in [2.75, 3.05) is 0 Å². The highest BCUT2D eigenvalue weighted by Gasteiger charge is 2.35. The average molecular weight is 729 g/mol. The number of aromatic nitrogens is 4. The van der Waals surface area contributed by atoms with E-state index in [4.69, 9.17) is 9.97 Å². The van der Waals surface area contributed by atoms with Crippen LogP contribution in [0.15, 0.2) is 182 Å². The SMILES string of the molecule is CC1(C)c2ccccc2-c2ccc(-c3nc(-n4c5ccccc5c5cc(-c6ccc7c(c6)c6ccccc6n7-c6ccccc6)ccc54)nc4ccccc34)cc21. The number of fused-ring (bicyclic) bond motifs is 10. The number of rotatable bonds is 4. The predicted molar refractivity (Wildman–Crippen MR) is 237 cm³/mol. The van der Waals surface area contributed by atoms with Crippen LogP contribution in [0.25, 0.3) is 99.7 Å². The molecule has 4 heteroatoms. The molecule has 3 aromatic heterocycles. The molecule has 12 rings (SSSR count). The molecular formula is C53H36N4. The Bertz CT molecular complexity index is 3440. The summed E-state index contributed by atoms with van der Waals surface area (Å²) in [5.41, 5.74) is 16.3. The van der Waals surface area contributed by atoms with Crippen molar-refractivity contribution in [3.63, 3.8) is 0 Å². The molecule has 1 aliphatic rings. The van der Waals surface area contributed by atoms with Crippen molar-refractivity contribution in [2.45, 2.75) is 19.3 Å². The molecule has 8 aromatic carbocycles. The van der Waals surface area contributed by atoms with Gasteiger partial charge in [-0.1, -0.05) is 135 Å². The summed E-state index contributed by atoms with van der Waals surface area (Å²) in [5.74, 6) is 0.667. The van der Waals surface area contributed by atoms with Crippen molar-refractivity contribution in [3.8, 4) is 45.1 Å². The number of para-hydroxylation sites is 4. The van der Waals surface area contributed by atoms with Gasteiger partial charge >= 0.3 is 0 Å². The zero-order valence-electron chi connectivity index (χ0n) is 31.6. The van der Waals surface area contributed by atoms with Gasteiger partial charge in [0.05, 0.1) is 33.3 Å². The standard InChI is InChI=1S/C53H36N4/c1-53(2)44-20-10-6-16-37(44)38-27-24-35(32-45(38)53)51-41-19-7-11-21-46(41)54-52(55-51)57-48-23-13-9-18-40(48)43-31-34(26-29-50(43)57)33-25-28-49-42(30-33)39-17-8-12-22-47(39)56(49)36-14-4-3-5-15-36/h3-32H,1-2H3. The first kappa shape index (κ1) is 32.0. The third kappa shape index (κ3) is 4.62. The van der Waals surface area contributed by atoms with E-state index in [-0.39, 0.29) is 5.41 Å². The number of nitrogens with zero attached hydrogens (tertiary/aromatic N) is 4. The first-order chi connectivity index (χ1) is 28.0. The van der Waals surface area contributed by atoms with Gasteiger partial charge in [0.25, 0.3) is 0 Å². The molecule has 0 radical (unpaired) electrons. The third-order valence-corrected chi connectivity index (χ3v) is 12.3. The Kier molecular flexibility index (Phi) is 6.65. The van der Waals surface area contributed by atoms with Crippen molar-refractivity contribution in [2.24, 2.45) is 0 Å². The van der Waals surface area contributed by atoms with Crippen molar-refractivity contribution in [3.05, 3.63) is 193 Å². The smallest absolute Gasteiger partial charge is 0.235 e. The normalized spacial score (nSPS) is 13.2. The van der Waals surface area contributed by atoms with Gasteiger partial charge in [-0.05, 0) is 94.0 Å². The second-order valence-corrected chi connectivity index (χ2v) is 15.8. The number of hydrogen-bond acceptors (Lipinski definition) is 2. The molecule has 0 bridgehead atoms. The average Bonchev–Trinajstić information content (AvgIpc) is 3.86. The van der Waals surface area contributed by atoms with E-state index in [1.165, 1.54) is 66.0 Å². The van der Waals surface area contributed by atoms with Gasteiger partial charge in [-0.25, -0.2) is 9.97 Å². The largest absolute Gasteiger partial charge is 0.309 e. The molecular weight excluding hydrogens is 693 g/mol. The molecule has 0 spiro atoms. The Morgan fingerprint density at radius 3 is 1.67 bits per heavy atom. The summed E-state index contributed by atoms with van der Waals surface area (Å²) in [5, 5.41) is 5.88. The fourth-order valence-corrected chi connectivity index (χ4v) is 9.61. The summed E-state index contributed by atoms with van der Waals surface area (Å²) in [7, 11) is 0. The first-order valence-corrected chi connectivity index (χ1v) is 19.7. The molecule has 0 atom stereocenters. The highest BCUT2D eigenvalue weighted by atomic mass is 15.2. The van der Waals surface area contributed by atoms with Crippen molar-refractivity contribution in [1.82, 2.24) is 19.1 Å². The Morgan fingerprint density at radius 2 is 0.930 bits per heavy atom. The summed E-state index contributed by atoms with van der Waals surface area (Å²) in [6.07, 6.45) is 0.